The number of halogens is 1. The largest absolute Gasteiger partial charge is 0.457 e. The van der Waals surface area contributed by atoms with Gasteiger partial charge in [-0.2, -0.15) is 5.10 Å². The van der Waals surface area contributed by atoms with Crippen molar-refractivity contribution in [3.8, 4) is 11.3 Å². The summed E-state index contributed by atoms with van der Waals surface area (Å²) in [4.78, 5) is 4.33. The number of aliphatic hydroxyl groups excluding tert-OH is 1. The smallest absolute Gasteiger partial charge is 0.299 e. The second-order valence-corrected chi connectivity index (χ2v) is 10.4. The van der Waals surface area contributed by atoms with E-state index in [9.17, 15) is 17.9 Å². The van der Waals surface area contributed by atoms with E-state index in [-0.39, 0.29) is 24.6 Å². The summed E-state index contributed by atoms with van der Waals surface area (Å²) >= 11 is 0. The third-order valence-electron chi connectivity index (χ3n) is 5.80. The lowest BCUT2D eigenvalue weighted by Crippen LogP contribution is -2.53. The first-order chi connectivity index (χ1) is 16.1. The number of nitrogens with one attached hydrogen (secondary N) is 1. The van der Waals surface area contributed by atoms with E-state index in [0.29, 0.717) is 5.56 Å². The van der Waals surface area contributed by atoms with Gasteiger partial charge in [-0.3, -0.25) is 4.68 Å². The first-order valence-electron chi connectivity index (χ1n) is 10.8. The molecule has 0 saturated carbocycles. The monoisotopic (exact) mass is 486 g/mol. The number of benzene rings is 2. The van der Waals surface area contributed by atoms with Crippen molar-refractivity contribution in [1.29, 1.82) is 0 Å². The summed E-state index contributed by atoms with van der Waals surface area (Å²) in [5, 5.41) is 12.6. The molecule has 0 aliphatic carbocycles. The maximum absolute atomic E-state index is 14.3. The number of nitrogens with zero attached hydrogens (tertiary/aromatic N) is 3. The van der Waals surface area contributed by atoms with E-state index in [1.165, 1.54) is 6.07 Å². The molecule has 2 aromatic carbocycles. The average molecular weight is 487 g/mol. The van der Waals surface area contributed by atoms with E-state index in [4.69, 9.17) is 4.74 Å². The number of aliphatic imine (C=N–C) groups is 1. The van der Waals surface area contributed by atoms with E-state index in [1.807, 2.05) is 25.2 Å². The minimum atomic E-state index is -3.94. The zero-order valence-corrected chi connectivity index (χ0v) is 20.0. The SMILES string of the molecule is Cn1nccc1-c1ccc(C2C(C)(C)OC(=NC(CCO)c3ccccc3F)NS2(=O)=O)cc1. The lowest BCUT2D eigenvalue weighted by Gasteiger charge is -2.39. The van der Waals surface area contributed by atoms with Crippen molar-refractivity contribution in [2.24, 2.45) is 12.0 Å². The predicted octanol–water partition coefficient (Wildman–Crippen LogP) is 3.48. The van der Waals surface area contributed by atoms with Crippen molar-refractivity contribution in [2.75, 3.05) is 6.61 Å². The van der Waals surface area contributed by atoms with Gasteiger partial charge in [0.2, 0.25) is 10.0 Å². The Kier molecular flexibility index (Phi) is 6.46. The fourth-order valence-electron chi connectivity index (χ4n) is 4.30. The number of hydrogen-bond acceptors (Lipinski definition) is 6. The van der Waals surface area contributed by atoms with Gasteiger partial charge in [0.05, 0.1) is 11.7 Å². The molecule has 2 unspecified atom stereocenters. The molecular weight excluding hydrogens is 459 g/mol. The lowest BCUT2D eigenvalue weighted by molar-refractivity contribution is 0.0758. The van der Waals surface area contributed by atoms with Gasteiger partial charge in [-0.15, -0.1) is 0 Å². The molecule has 0 amide bonds. The van der Waals surface area contributed by atoms with Gasteiger partial charge in [-0.1, -0.05) is 42.5 Å². The summed E-state index contributed by atoms with van der Waals surface area (Å²) in [6, 6.07) is 14.1. The third-order valence-corrected chi connectivity index (χ3v) is 7.72. The highest BCUT2D eigenvalue weighted by Crippen LogP contribution is 2.39. The second kappa shape index (κ2) is 9.19. The molecule has 1 saturated heterocycles. The van der Waals surface area contributed by atoms with Gasteiger partial charge >= 0.3 is 0 Å². The number of rotatable bonds is 6. The maximum Gasteiger partial charge on any atom is 0.299 e. The zero-order chi connectivity index (χ0) is 24.5. The fraction of sp³-hybridized carbons (Fsp3) is 0.333. The van der Waals surface area contributed by atoms with E-state index < -0.39 is 32.7 Å². The molecule has 2 atom stereocenters. The summed E-state index contributed by atoms with van der Waals surface area (Å²) in [6.45, 7) is 3.09. The van der Waals surface area contributed by atoms with Crippen molar-refractivity contribution < 1.29 is 22.7 Å². The quantitative estimate of drug-likeness (QED) is 0.555. The molecule has 1 aliphatic heterocycles. The van der Waals surface area contributed by atoms with Crippen LogP contribution in [0.2, 0.25) is 0 Å². The minimum Gasteiger partial charge on any atom is -0.457 e. The predicted molar refractivity (Wildman–Crippen MR) is 127 cm³/mol. The maximum atomic E-state index is 14.3. The first-order valence-corrected chi connectivity index (χ1v) is 12.4. The highest BCUT2D eigenvalue weighted by atomic mass is 32.2. The van der Waals surface area contributed by atoms with Crippen LogP contribution in [0.4, 0.5) is 4.39 Å². The van der Waals surface area contributed by atoms with Crippen molar-refractivity contribution >= 4 is 16.0 Å². The number of aliphatic hydroxyl groups is 1. The number of hydrogen-bond donors (Lipinski definition) is 2. The molecule has 0 spiro atoms. The topological polar surface area (TPSA) is 106 Å². The van der Waals surface area contributed by atoms with Crippen LogP contribution in [0.3, 0.4) is 0 Å². The Labute approximate surface area is 198 Å². The molecule has 2 N–H and O–H groups in total. The fourth-order valence-corrected chi connectivity index (χ4v) is 6.06. The van der Waals surface area contributed by atoms with Crippen LogP contribution in [0.1, 0.15) is 42.7 Å². The molecule has 2 heterocycles. The normalized spacial score (nSPS) is 21.0. The number of ether oxygens (including phenoxy) is 1. The van der Waals surface area contributed by atoms with E-state index in [0.717, 1.165) is 11.3 Å². The highest BCUT2D eigenvalue weighted by molar-refractivity contribution is 7.90. The Hall–Kier alpha value is -3.24. The molecule has 8 nitrogen and oxygen atoms in total. The van der Waals surface area contributed by atoms with Crippen LogP contribution in [-0.4, -0.2) is 41.5 Å². The Balaban J connectivity index is 1.65. The molecular formula is C24H27FN4O4S. The van der Waals surface area contributed by atoms with Gasteiger partial charge in [-0.25, -0.2) is 22.5 Å². The van der Waals surface area contributed by atoms with Crippen molar-refractivity contribution in [2.45, 2.75) is 37.2 Å². The minimum absolute atomic E-state index is 0.106. The number of sulfonamides is 1. The van der Waals surface area contributed by atoms with Gasteiger partial charge in [-0.05, 0) is 43.5 Å². The summed E-state index contributed by atoms with van der Waals surface area (Å²) in [5.41, 5.74) is 1.45. The summed E-state index contributed by atoms with van der Waals surface area (Å²) < 4.78 is 51.1. The van der Waals surface area contributed by atoms with Gasteiger partial charge in [0, 0.05) is 25.4 Å². The first kappa shape index (κ1) is 23.9. The lowest BCUT2D eigenvalue weighted by atomic mass is 9.96. The molecule has 180 valence electrons. The Bertz CT molecular complexity index is 1300. The van der Waals surface area contributed by atoms with Crippen molar-refractivity contribution in [3.63, 3.8) is 0 Å². The van der Waals surface area contributed by atoms with E-state index in [2.05, 4.69) is 14.8 Å². The van der Waals surface area contributed by atoms with Crippen molar-refractivity contribution in [1.82, 2.24) is 14.5 Å². The van der Waals surface area contributed by atoms with E-state index in [1.54, 1.807) is 55.1 Å². The third kappa shape index (κ3) is 4.69. The van der Waals surface area contributed by atoms with Crippen LogP contribution in [0.25, 0.3) is 11.3 Å². The van der Waals surface area contributed by atoms with E-state index >= 15 is 0 Å². The van der Waals surface area contributed by atoms with Crippen molar-refractivity contribution in [3.05, 3.63) is 77.7 Å². The van der Waals surface area contributed by atoms with Crippen LogP contribution in [0.5, 0.6) is 0 Å². The van der Waals surface area contributed by atoms with Gasteiger partial charge in [0.25, 0.3) is 6.02 Å². The number of aryl methyl sites for hydroxylation is 1. The molecule has 1 aliphatic rings. The summed E-state index contributed by atoms with van der Waals surface area (Å²) in [6.07, 6.45) is 1.80. The average Bonchev–Trinajstić information content (AvgIpc) is 3.18. The van der Waals surface area contributed by atoms with Crippen LogP contribution in [0, 0.1) is 5.82 Å². The summed E-state index contributed by atoms with van der Waals surface area (Å²) in [7, 11) is -2.11. The summed E-state index contributed by atoms with van der Waals surface area (Å²) in [5.74, 6) is -0.491. The second-order valence-electron chi connectivity index (χ2n) is 8.68. The molecule has 1 fully saturated rings. The van der Waals surface area contributed by atoms with Crippen LogP contribution < -0.4 is 4.72 Å². The zero-order valence-electron chi connectivity index (χ0n) is 19.1. The Morgan fingerprint density at radius 1 is 1.21 bits per heavy atom. The Morgan fingerprint density at radius 3 is 2.50 bits per heavy atom. The molecule has 10 heteroatoms. The number of aromatic nitrogens is 2. The van der Waals surface area contributed by atoms with Gasteiger partial charge in [0.15, 0.2) is 0 Å². The molecule has 0 radical (unpaired) electrons. The molecule has 3 aromatic rings. The van der Waals surface area contributed by atoms with Gasteiger partial charge in [0.1, 0.15) is 16.7 Å². The molecule has 1 aromatic heterocycles. The van der Waals surface area contributed by atoms with Crippen LogP contribution in [0.15, 0.2) is 65.8 Å². The van der Waals surface area contributed by atoms with Crippen LogP contribution >= 0.6 is 0 Å². The molecule has 34 heavy (non-hydrogen) atoms. The molecule has 0 bridgehead atoms. The highest BCUT2D eigenvalue weighted by Gasteiger charge is 2.48. The van der Waals surface area contributed by atoms with Gasteiger partial charge < -0.3 is 9.84 Å². The van der Waals surface area contributed by atoms with Crippen LogP contribution in [-0.2, 0) is 21.8 Å². The number of amidine groups is 1. The Morgan fingerprint density at radius 2 is 1.91 bits per heavy atom. The standard InChI is InChI=1S/C24H27FN4O4S/c1-24(2)22(17-10-8-16(9-11-17)21-12-14-26-29(21)3)34(31,32)28-23(33-24)27-20(13-15-30)18-6-4-5-7-19(18)25/h4-12,14,20,22,30H,13,15H2,1-3H3,(H,27,28). The molecule has 4 rings (SSSR count).